The second-order valence-corrected chi connectivity index (χ2v) is 2.98. The minimum atomic E-state index is -0.653. The summed E-state index contributed by atoms with van der Waals surface area (Å²) in [5.74, 6) is -1.05. The summed E-state index contributed by atoms with van der Waals surface area (Å²) in [6.45, 7) is -0.305. The van der Waals surface area contributed by atoms with E-state index in [1.165, 1.54) is 25.3 Å². The van der Waals surface area contributed by atoms with Crippen molar-refractivity contribution in [2.24, 2.45) is 5.73 Å². The zero-order chi connectivity index (χ0) is 12.1. The number of ether oxygens (including phenoxy) is 2. The minimum absolute atomic E-state index is 0.165. The first-order valence-electron chi connectivity index (χ1n) is 4.43. The molecule has 1 aromatic carbocycles. The Labute approximate surface area is 92.1 Å². The Bertz CT molecular complexity index is 417. The molecule has 0 heterocycles. The van der Waals surface area contributed by atoms with Crippen molar-refractivity contribution >= 4 is 17.6 Å². The van der Waals surface area contributed by atoms with E-state index in [9.17, 15) is 9.59 Å². The molecular formula is C10H12N2O4. The molecule has 0 aliphatic rings. The van der Waals surface area contributed by atoms with E-state index in [0.717, 1.165) is 0 Å². The molecule has 0 spiro atoms. The first-order chi connectivity index (χ1) is 7.54. The summed E-state index contributed by atoms with van der Waals surface area (Å²) >= 11 is 0. The zero-order valence-electron chi connectivity index (χ0n) is 8.73. The summed E-state index contributed by atoms with van der Waals surface area (Å²) in [4.78, 5) is 21.9. The first-order valence-corrected chi connectivity index (χ1v) is 4.43. The number of nitrogens with two attached hydrogens (primary N) is 2. The molecule has 0 atom stereocenters. The topological polar surface area (TPSA) is 105 Å². The van der Waals surface area contributed by atoms with E-state index in [4.69, 9.17) is 16.2 Å². The molecule has 1 amide bonds. The Morgan fingerprint density at radius 3 is 2.62 bits per heavy atom. The summed E-state index contributed by atoms with van der Waals surface area (Å²) in [6, 6.07) is 4.37. The number of carbonyl (C=O) groups is 2. The van der Waals surface area contributed by atoms with Crippen molar-refractivity contribution in [3.63, 3.8) is 0 Å². The number of benzene rings is 1. The Balaban J connectivity index is 2.88. The van der Waals surface area contributed by atoms with Crippen molar-refractivity contribution < 1.29 is 19.1 Å². The molecule has 0 aromatic heterocycles. The van der Waals surface area contributed by atoms with Crippen LogP contribution in [0.4, 0.5) is 5.69 Å². The number of amides is 1. The van der Waals surface area contributed by atoms with E-state index >= 15 is 0 Å². The van der Waals surface area contributed by atoms with Gasteiger partial charge in [0.1, 0.15) is 5.75 Å². The third-order valence-electron chi connectivity index (χ3n) is 1.84. The highest BCUT2D eigenvalue weighted by molar-refractivity contribution is 5.96. The maximum absolute atomic E-state index is 11.0. The van der Waals surface area contributed by atoms with Crippen LogP contribution in [0.2, 0.25) is 0 Å². The molecule has 0 radical (unpaired) electrons. The number of rotatable bonds is 4. The molecule has 1 aromatic rings. The van der Waals surface area contributed by atoms with Crippen LogP contribution in [0, 0.1) is 0 Å². The number of anilines is 1. The van der Waals surface area contributed by atoms with Gasteiger partial charge < -0.3 is 20.9 Å². The van der Waals surface area contributed by atoms with E-state index in [1.807, 2.05) is 0 Å². The van der Waals surface area contributed by atoms with Gasteiger partial charge in [0.2, 0.25) is 0 Å². The largest absolute Gasteiger partial charge is 0.481 e. The molecule has 0 aliphatic heterocycles. The predicted octanol–water partition coefficient (Wildman–Crippen LogP) is -0.0805. The van der Waals surface area contributed by atoms with E-state index in [2.05, 4.69) is 4.74 Å². The fraction of sp³-hybridized carbons (Fsp3) is 0.200. The summed E-state index contributed by atoms with van der Waals surface area (Å²) in [7, 11) is 1.24. The lowest BCUT2D eigenvalue weighted by atomic mass is 10.2. The van der Waals surface area contributed by atoms with Gasteiger partial charge in [-0.25, -0.2) is 4.79 Å². The van der Waals surface area contributed by atoms with Crippen LogP contribution in [0.3, 0.4) is 0 Å². The van der Waals surface area contributed by atoms with Crippen LogP contribution in [0.5, 0.6) is 5.75 Å². The average molecular weight is 224 g/mol. The third-order valence-corrected chi connectivity index (χ3v) is 1.84. The Hall–Kier alpha value is -2.24. The van der Waals surface area contributed by atoms with Gasteiger partial charge in [0.15, 0.2) is 6.61 Å². The second-order valence-electron chi connectivity index (χ2n) is 2.98. The van der Waals surface area contributed by atoms with E-state index in [1.54, 1.807) is 0 Å². The average Bonchev–Trinajstić information content (AvgIpc) is 2.25. The van der Waals surface area contributed by atoms with E-state index in [0.29, 0.717) is 5.69 Å². The molecule has 1 rings (SSSR count). The molecule has 4 N–H and O–H groups in total. The lowest BCUT2D eigenvalue weighted by molar-refractivity contribution is -0.142. The van der Waals surface area contributed by atoms with Gasteiger partial charge in [0.25, 0.3) is 5.91 Å². The van der Waals surface area contributed by atoms with Gasteiger partial charge in [-0.15, -0.1) is 0 Å². The highest BCUT2D eigenvalue weighted by Gasteiger charge is 2.11. The lowest BCUT2D eigenvalue weighted by Gasteiger charge is -2.09. The summed E-state index contributed by atoms with van der Waals surface area (Å²) < 4.78 is 9.47. The molecule has 0 unspecified atom stereocenters. The summed E-state index contributed by atoms with van der Waals surface area (Å²) in [5, 5.41) is 0. The van der Waals surface area contributed by atoms with Crippen LogP contribution in [-0.2, 0) is 9.53 Å². The van der Waals surface area contributed by atoms with Crippen molar-refractivity contribution in [1.82, 2.24) is 0 Å². The van der Waals surface area contributed by atoms with E-state index < -0.39 is 11.9 Å². The van der Waals surface area contributed by atoms with Crippen LogP contribution in [0.25, 0.3) is 0 Å². The maximum atomic E-state index is 11.0. The number of esters is 1. The molecular weight excluding hydrogens is 212 g/mol. The Kier molecular flexibility index (Phi) is 3.71. The first kappa shape index (κ1) is 11.8. The van der Waals surface area contributed by atoms with Crippen LogP contribution in [0.15, 0.2) is 18.2 Å². The molecule has 0 aliphatic carbocycles. The lowest BCUT2D eigenvalue weighted by Crippen LogP contribution is -2.17. The van der Waals surface area contributed by atoms with E-state index in [-0.39, 0.29) is 17.9 Å². The highest BCUT2D eigenvalue weighted by atomic mass is 16.6. The van der Waals surface area contributed by atoms with Gasteiger partial charge in [-0.1, -0.05) is 0 Å². The van der Waals surface area contributed by atoms with Gasteiger partial charge in [-0.2, -0.15) is 0 Å². The molecule has 0 saturated heterocycles. The zero-order valence-corrected chi connectivity index (χ0v) is 8.73. The molecule has 16 heavy (non-hydrogen) atoms. The van der Waals surface area contributed by atoms with Gasteiger partial charge in [0.05, 0.1) is 12.7 Å². The van der Waals surface area contributed by atoms with Gasteiger partial charge in [0, 0.05) is 11.8 Å². The number of primary amides is 1. The van der Waals surface area contributed by atoms with Crippen molar-refractivity contribution in [3.8, 4) is 5.75 Å². The SMILES string of the molecule is COC(=O)COc1cc(N)ccc1C(N)=O. The number of methoxy groups -OCH3 is 1. The van der Waals surface area contributed by atoms with Crippen molar-refractivity contribution in [2.45, 2.75) is 0 Å². The second kappa shape index (κ2) is 5.01. The minimum Gasteiger partial charge on any atom is -0.481 e. The number of carbonyl (C=O) groups excluding carboxylic acids is 2. The summed E-state index contributed by atoms with van der Waals surface area (Å²) in [6.07, 6.45) is 0. The monoisotopic (exact) mass is 224 g/mol. The van der Waals surface area contributed by atoms with Gasteiger partial charge >= 0.3 is 5.97 Å². The molecule has 0 fully saturated rings. The number of hydrogen-bond donors (Lipinski definition) is 2. The van der Waals surface area contributed by atoms with Crippen LogP contribution in [-0.4, -0.2) is 25.6 Å². The fourth-order valence-electron chi connectivity index (χ4n) is 1.06. The van der Waals surface area contributed by atoms with Crippen molar-refractivity contribution in [3.05, 3.63) is 23.8 Å². The highest BCUT2D eigenvalue weighted by Crippen LogP contribution is 2.21. The molecule has 0 bridgehead atoms. The molecule has 6 nitrogen and oxygen atoms in total. The van der Waals surface area contributed by atoms with Crippen LogP contribution < -0.4 is 16.2 Å². The van der Waals surface area contributed by atoms with Crippen LogP contribution >= 0.6 is 0 Å². The van der Waals surface area contributed by atoms with Gasteiger partial charge in [-0.3, -0.25) is 4.79 Å². The number of hydrogen-bond acceptors (Lipinski definition) is 5. The molecule has 0 saturated carbocycles. The van der Waals surface area contributed by atoms with Gasteiger partial charge in [-0.05, 0) is 12.1 Å². The normalized spacial score (nSPS) is 9.56. The van der Waals surface area contributed by atoms with Crippen molar-refractivity contribution in [2.75, 3.05) is 19.5 Å². The summed E-state index contributed by atoms with van der Waals surface area (Å²) in [5.41, 5.74) is 11.2. The standard InChI is InChI=1S/C10H12N2O4/c1-15-9(13)5-16-8-4-6(11)2-3-7(8)10(12)14/h2-4H,5,11H2,1H3,(H2,12,14). The molecule has 6 heteroatoms. The van der Waals surface area contributed by atoms with Crippen molar-refractivity contribution in [1.29, 1.82) is 0 Å². The van der Waals surface area contributed by atoms with Crippen LogP contribution in [0.1, 0.15) is 10.4 Å². The molecule has 86 valence electrons. The maximum Gasteiger partial charge on any atom is 0.343 e. The quantitative estimate of drug-likeness (QED) is 0.549. The Morgan fingerprint density at radius 1 is 1.38 bits per heavy atom. The third kappa shape index (κ3) is 2.88. The Morgan fingerprint density at radius 2 is 2.06 bits per heavy atom. The number of nitrogen functional groups attached to an aromatic ring is 1. The fourth-order valence-corrected chi connectivity index (χ4v) is 1.06. The smallest absolute Gasteiger partial charge is 0.343 e. The predicted molar refractivity (Wildman–Crippen MR) is 56.9 cm³/mol.